The molecular formula is C19H30ClN. The van der Waals surface area contributed by atoms with Crippen LogP contribution in [0, 0.1) is 5.41 Å². The first-order valence-electron chi connectivity index (χ1n) is 8.48. The second-order valence-corrected chi connectivity index (χ2v) is 7.79. The molecule has 118 valence electrons. The summed E-state index contributed by atoms with van der Waals surface area (Å²) in [5, 5.41) is 4.73. The molecule has 0 aliphatic heterocycles. The highest BCUT2D eigenvalue weighted by molar-refractivity contribution is 6.30. The molecule has 2 atom stereocenters. The summed E-state index contributed by atoms with van der Waals surface area (Å²) in [5.74, 6) is 0. The molecule has 1 aromatic carbocycles. The van der Waals surface area contributed by atoms with Gasteiger partial charge in [0.05, 0.1) is 0 Å². The average Bonchev–Trinajstić information content (AvgIpc) is 2.66. The summed E-state index contributed by atoms with van der Waals surface area (Å²) in [5.41, 5.74) is 3.14. The Bertz CT molecular complexity index is 467. The highest BCUT2D eigenvalue weighted by atomic mass is 35.5. The van der Waals surface area contributed by atoms with Gasteiger partial charge in [-0.15, -0.1) is 0 Å². The molecule has 0 radical (unpaired) electrons. The minimum absolute atomic E-state index is 0.269. The fourth-order valence-corrected chi connectivity index (χ4v) is 3.75. The van der Waals surface area contributed by atoms with Crippen LogP contribution in [-0.2, 0) is 6.42 Å². The summed E-state index contributed by atoms with van der Waals surface area (Å²) in [6.45, 7) is 9.32. The summed E-state index contributed by atoms with van der Waals surface area (Å²) in [6.07, 6.45) is 7.77. The maximum absolute atomic E-state index is 6.21. The highest BCUT2D eigenvalue weighted by Gasteiger charge is 2.39. The number of unbranched alkanes of at least 4 members (excludes halogenated alkanes) is 3. The molecule has 1 N–H and O–H groups in total. The van der Waals surface area contributed by atoms with Gasteiger partial charge in [0, 0.05) is 17.1 Å². The SMILES string of the molecule is CCCCCCC(C)NC1c2cc(Cl)ccc2CC1(C)C. The van der Waals surface area contributed by atoms with Crippen LogP contribution in [0.2, 0.25) is 5.02 Å². The molecule has 2 heteroatoms. The normalized spacial score (nSPS) is 21.3. The molecule has 0 heterocycles. The van der Waals surface area contributed by atoms with E-state index in [2.05, 4.69) is 45.1 Å². The maximum Gasteiger partial charge on any atom is 0.0409 e. The Morgan fingerprint density at radius 1 is 1.29 bits per heavy atom. The summed E-state index contributed by atoms with van der Waals surface area (Å²) < 4.78 is 0. The van der Waals surface area contributed by atoms with Crippen molar-refractivity contribution in [3.63, 3.8) is 0 Å². The van der Waals surface area contributed by atoms with Crippen LogP contribution in [0.25, 0.3) is 0 Å². The zero-order valence-corrected chi connectivity index (χ0v) is 14.8. The molecule has 0 fully saturated rings. The predicted octanol–water partition coefficient (Wildman–Crippen LogP) is 5.91. The first kappa shape index (κ1) is 16.8. The van der Waals surface area contributed by atoms with Crippen LogP contribution in [-0.4, -0.2) is 6.04 Å². The smallest absolute Gasteiger partial charge is 0.0409 e. The van der Waals surface area contributed by atoms with Gasteiger partial charge in [-0.05, 0) is 48.4 Å². The molecule has 1 aliphatic rings. The van der Waals surface area contributed by atoms with E-state index in [9.17, 15) is 0 Å². The van der Waals surface area contributed by atoms with Gasteiger partial charge < -0.3 is 5.32 Å². The van der Waals surface area contributed by atoms with Gasteiger partial charge in [0.1, 0.15) is 0 Å². The second-order valence-electron chi connectivity index (χ2n) is 7.36. The van der Waals surface area contributed by atoms with E-state index in [0.29, 0.717) is 12.1 Å². The van der Waals surface area contributed by atoms with Crippen molar-refractivity contribution in [2.45, 2.75) is 78.3 Å². The van der Waals surface area contributed by atoms with Gasteiger partial charge in [-0.1, -0.05) is 64.1 Å². The van der Waals surface area contributed by atoms with Crippen LogP contribution >= 0.6 is 11.6 Å². The van der Waals surface area contributed by atoms with Crippen molar-refractivity contribution in [2.75, 3.05) is 0 Å². The van der Waals surface area contributed by atoms with Crippen LogP contribution in [0.15, 0.2) is 18.2 Å². The first-order valence-corrected chi connectivity index (χ1v) is 8.86. The zero-order chi connectivity index (χ0) is 15.5. The van der Waals surface area contributed by atoms with Crippen molar-refractivity contribution in [2.24, 2.45) is 5.41 Å². The first-order chi connectivity index (χ1) is 9.94. The fraction of sp³-hybridized carbons (Fsp3) is 0.684. The molecule has 1 aliphatic carbocycles. The average molecular weight is 308 g/mol. The summed E-state index contributed by atoms with van der Waals surface area (Å²) >= 11 is 6.21. The van der Waals surface area contributed by atoms with Crippen molar-refractivity contribution >= 4 is 11.6 Å². The van der Waals surface area contributed by atoms with Crippen LogP contribution in [0.4, 0.5) is 0 Å². The van der Waals surface area contributed by atoms with E-state index in [0.717, 1.165) is 11.4 Å². The minimum Gasteiger partial charge on any atom is -0.307 e. The number of benzene rings is 1. The Morgan fingerprint density at radius 3 is 2.76 bits per heavy atom. The number of fused-ring (bicyclic) bond motifs is 1. The van der Waals surface area contributed by atoms with E-state index in [1.165, 1.54) is 43.2 Å². The topological polar surface area (TPSA) is 12.0 Å². The van der Waals surface area contributed by atoms with Crippen molar-refractivity contribution in [3.05, 3.63) is 34.3 Å². The van der Waals surface area contributed by atoms with Crippen molar-refractivity contribution in [1.82, 2.24) is 5.32 Å². The third-order valence-corrected chi connectivity index (χ3v) is 5.02. The lowest BCUT2D eigenvalue weighted by molar-refractivity contribution is 0.246. The minimum atomic E-state index is 0.269. The van der Waals surface area contributed by atoms with Crippen LogP contribution in [0.3, 0.4) is 0 Å². The Balaban J connectivity index is 2.00. The summed E-state index contributed by atoms with van der Waals surface area (Å²) in [7, 11) is 0. The molecule has 0 aromatic heterocycles. The number of hydrogen-bond donors (Lipinski definition) is 1. The molecular weight excluding hydrogens is 278 g/mol. The molecule has 0 saturated heterocycles. The predicted molar refractivity (Wildman–Crippen MR) is 93.0 cm³/mol. The molecule has 1 nitrogen and oxygen atoms in total. The van der Waals surface area contributed by atoms with Gasteiger partial charge in [0.25, 0.3) is 0 Å². The molecule has 21 heavy (non-hydrogen) atoms. The van der Waals surface area contributed by atoms with Crippen molar-refractivity contribution < 1.29 is 0 Å². The molecule has 0 bridgehead atoms. The standard InChI is InChI=1S/C19H30ClN/c1-5-6-7-8-9-14(2)21-18-17-12-16(20)11-10-15(17)13-19(18,3)4/h10-12,14,18,21H,5-9,13H2,1-4H3. The Kier molecular flexibility index (Phi) is 5.73. The molecule has 1 aromatic rings. The molecule has 0 saturated carbocycles. The Hall–Kier alpha value is -0.530. The molecule has 2 unspecified atom stereocenters. The van der Waals surface area contributed by atoms with E-state index in [-0.39, 0.29) is 5.41 Å². The second kappa shape index (κ2) is 7.15. The molecule has 0 spiro atoms. The fourth-order valence-electron chi connectivity index (χ4n) is 3.57. The van der Waals surface area contributed by atoms with E-state index < -0.39 is 0 Å². The van der Waals surface area contributed by atoms with Gasteiger partial charge in [0.15, 0.2) is 0 Å². The van der Waals surface area contributed by atoms with E-state index in [1.54, 1.807) is 0 Å². The van der Waals surface area contributed by atoms with Gasteiger partial charge in [-0.2, -0.15) is 0 Å². The Morgan fingerprint density at radius 2 is 2.05 bits per heavy atom. The molecule has 0 amide bonds. The third kappa shape index (κ3) is 4.23. The number of nitrogens with one attached hydrogen (secondary N) is 1. The summed E-state index contributed by atoms with van der Waals surface area (Å²) in [6, 6.07) is 7.37. The Labute approximate surface area is 135 Å². The maximum atomic E-state index is 6.21. The lowest BCUT2D eigenvalue weighted by Crippen LogP contribution is -2.37. The number of hydrogen-bond acceptors (Lipinski definition) is 1. The van der Waals surface area contributed by atoms with E-state index >= 15 is 0 Å². The number of halogens is 1. The quantitative estimate of drug-likeness (QED) is 0.617. The largest absolute Gasteiger partial charge is 0.307 e. The van der Waals surface area contributed by atoms with Gasteiger partial charge >= 0.3 is 0 Å². The van der Waals surface area contributed by atoms with Crippen molar-refractivity contribution in [1.29, 1.82) is 0 Å². The zero-order valence-electron chi connectivity index (χ0n) is 14.0. The lowest BCUT2D eigenvalue weighted by atomic mass is 9.85. The highest BCUT2D eigenvalue weighted by Crippen LogP contribution is 2.46. The third-order valence-electron chi connectivity index (χ3n) is 4.79. The monoisotopic (exact) mass is 307 g/mol. The van der Waals surface area contributed by atoms with E-state index in [4.69, 9.17) is 11.6 Å². The van der Waals surface area contributed by atoms with E-state index in [1.807, 2.05) is 6.07 Å². The van der Waals surface area contributed by atoms with Crippen LogP contribution < -0.4 is 5.32 Å². The van der Waals surface area contributed by atoms with Crippen molar-refractivity contribution in [3.8, 4) is 0 Å². The number of rotatable bonds is 7. The summed E-state index contributed by atoms with van der Waals surface area (Å²) in [4.78, 5) is 0. The van der Waals surface area contributed by atoms with Gasteiger partial charge in [0.2, 0.25) is 0 Å². The van der Waals surface area contributed by atoms with Crippen LogP contribution in [0.1, 0.15) is 77.0 Å². The van der Waals surface area contributed by atoms with Crippen LogP contribution in [0.5, 0.6) is 0 Å². The van der Waals surface area contributed by atoms with Gasteiger partial charge in [-0.3, -0.25) is 0 Å². The van der Waals surface area contributed by atoms with Gasteiger partial charge in [-0.25, -0.2) is 0 Å². The molecule has 2 rings (SSSR count). The lowest BCUT2D eigenvalue weighted by Gasteiger charge is -2.31.